The molecule has 0 fully saturated rings. The highest BCUT2D eigenvalue weighted by atomic mass is 16.6. The molecular formula is C18H20O5. The van der Waals surface area contributed by atoms with Crippen LogP contribution in [-0.2, 0) is 4.74 Å². The van der Waals surface area contributed by atoms with E-state index in [4.69, 9.17) is 13.9 Å². The van der Waals surface area contributed by atoms with E-state index in [9.17, 15) is 9.59 Å². The van der Waals surface area contributed by atoms with Crippen LogP contribution in [0, 0.1) is 27.7 Å². The summed E-state index contributed by atoms with van der Waals surface area (Å²) >= 11 is 0. The third kappa shape index (κ3) is 4.45. The molecule has 0 bridgehead atoms. The minimum absolute atomic E-state index is 0.115. The maximum absolute atomic E-state index is 12.1. The van der Waals surface area contributed by atoms with Crippen LogP contribution in [0.15, 0.2) is 33.5 Å². The first-order chi connectivity index (χ1) is 10.9. The van der Waals surface area contributed by atoms with Gasteiger partial charge < -0.3 is 13.9 Å². The molecule has 0 N–H and O–H groups in total. The minimum Gasteiger partial charge on any atom is -0.490 e. The van der Waals surface area contributed by atoms with Gasteiger partial charge in [-0.25, -0.2) is 9.59 Å². The van der Waals surface area contributed by atoms with Gasteiger partial charge in [0, 0.05) is 6.07 Å². The van der Waals surface area contributed by atoms with Crippen LogP contribution < -0.4 is 10.4 Å². The molecule has 1 heterocycles. The van der Waals surface area contributed by atoms with Crippen molar-refractivity contribution in [2.75, 3.05) is 13.2 Å². The number of rotatable bonds is 5. The molecule has 0 atom stereocenters. The molecule has 5 heteroatoms. The summed E-state index contributed by atoms with van der Waals surface area (Å²) in [6, 6.07) is 7.18. The van der Waals surface area contributed by atoms with E-state index in [0.717, 1.165) is 16.9 Å². The second-order valence-electron chi connectivity index (χ2n) is 5.49. The zero-order valence-corrected chi connectivity index (χ0v) is 13.8. The lowest BCUT2D eigenvalue weighted by Gasteiger charge is -2.10. The first-order valence-corrected chi connectivity index (χ1v) is 7.36. The van der Waals surface area contributed by atoms with E-state index in [1.807, 2.05) is 26.0 Å². The van der Waals surface area contributed by atoms with E-state index in [-0.39, 0.29) is 24.5 Å². The number of hydrogen-bond donors (Lipinski definition) is 0. The number of carbonyl (C=O) groups is 1. The van der Waals surface area contributed by atoms with Crippen LogP contribution in [0.3, 0.4) is 0 Å². The minimum atomic E-state index is -0.521. The summed E-state index contributed by atoms with van der Waals surface area (Å²) in [6.07, 6.45) is 0. The maximum atomic E-state index is 12.1. The Kier molecular flexibility index (Phi) is 5.21. The Bertz CT molecular complexity index is 727. The molecule has 1 aromatic heterocycles. The zero-order chi connectivity index (χ0) is 17.0. The molecular weight excluding hydrogens is 296 g/mol. The molecule has 122 valence electrons. The normalized spacial score (nSPS) is 10.4. The fraction of sp³-hybridized carbons (Fsp3) is 0.333. The van der Waals surface area contributed by atoms with Crippen LogP contribution in [0.25, 0.3) is 0 Å². The molecule has 0 radical (unpaired) electrons. The highest BCUT2D eigenvalue weighted by molar-refractivity contribution is 5.91. The highest BCUT2D eigenvalue weighted by Crippen LogP contribution is 2.16. The smallest absolute Gasteiger partial charge is 0.341 e. The Labute approximate surface area is 134 Å². The quantitative estimate of drug-likeness (QED) is 0.626. The Hall–Kier alpha value is -2.56. The Balaban J connectivity index is 1.92. The van der Waals surface area contributed by atoms with Crippen molar-refractivity contribution in [2.45, 2.75) is 27.7 Å². The second-order valence-corrected chi connectivity index (χ2v) is 5.49. The van der Waals surface area contributed by atoms with E-state index in [1.165, 1.54) is 6.07 Å². The van der Waals surface area contributed by atoms with Gasteiger partial charge in [-0.1, -0.05) is 6.07 Å². The van der Waals surface area contributed by atoms with Crippen molar-refractivity contribution in [1.82, 2.24) is 0 Å². The molecule has 5 nitrogen and oxygen atoms in total. The number of carbonyl (C=O) groups excluding carboxylic acids is 1. The van der Waals surface area contributed by atoms with Crippen molar-refractivity contribution >= 4 is 5.97 Å². The summed E-state index contributed by atoms with van der Waals surface area (Å²) in [5.74, 6) is 0.486. The Morgan fingerprint density at radius 3 is 2.26 bits per heavy atom. The Morgan fingerprint density at radius 2 is 1.65 bits per heavy atom. The first kappa shape index (κ1) is 16.8. The van der Waals surface area contributed by atoms with E-state index in [0.29, 0.717) is 5.56 Å². The lowest BCUT2D eigenvalue weighted by Crippen LogP contribution is -2.16. The molecule has 1 aromatic carbocycles. The highest BCUT2D eigenvalue weighted by Gasteiger charge is 2.16. The third-order valence-electron chi connectivity index (χ3n) is 3.32. The number of ether oxygens (including phenoxy) is 2. The second kappa shape index (κ2) is 7.13. The maximum Gasteiger partial charge on any atom is 0.341 e. The molecule has 0 saturated carbocycles. The molecule has 0 aliphatic carbocycles. The van der Waals surface area contributed by atoms with Gasteiger partial charge in [0.05, 0.1) is 0 Å². The van der Waals surface area contributed by atoms with Crippen molar-refractivity contribution in [3.63, 3.8) is 0 Å². The number of aryl methyl sites for hydroxylation is 4. The van der Waals surface area contributed by atoms with E-state index < -0.39 is 11.6 Å². The lowest BCUT2D eigenvalue weighted by atomic mass is 10.1. The molecule has 0 saturated heterocycles. The van der Waals surface area contributed by atoms with Gasteiger partial charge in [0.15, 0.2) is 0 Å². The van der Waals surface area contributed by atoms with E-state index in [1.54, 1.807) is 13.8 Å². The van der Waals surface area contributed by atoms with Gasteiger partial charge >= 0.3 is 11.6 Å². The summed E-state index contributed by atoms with van der Waals surface area (Å²) in [7, 11) is 0. The molecule has 0 aliphatic heterocycles. The van der Waals surface area contributed by atoms with Gasteiger partial charge in [0.25, 0.3) is 0 Å². The number of esters is 1. The molecule has 0 spiro atoms. The van der Waals surface area contributed by atoms with Gasteiger partial charge in [0.2, 0.25) is 0 Å². The van der Waals surface area contributed by atoms with Crippen molar-refractivity contribution in [3.8, 4) is 5.75 Å². The standard InChI is InChI=1S/C18H20O5/c1-11-7-12(2)9-15(8-11)21-5-6-22-18(20)17-13(3)10-16(19)23-14(17)4/h7-10H,5-6H2,1-4H3. The van der Waals surface area contributed by atoms with Crippen LogP contribution in [0.4, 0.5) is 0 Å². The SMILES string of the molecule is Cc1cc(C)cc(OCCOC(=O)c2c(C)cc(=O)oc2C)c1. The summed E-state index contributed by atoms with van der Waals surface area (Å²) in [6.45, 7) is 7.60. The van der Waals surface area contributed by atoms with Crippen LogP contribution >= 0.6 is 0 Å². The van der Waals surface area contributed by atoms with Crippen LogP contribution in [0.5, 0.6) is 5.75 Å². The average molecular weight is 316 g/mol. The van der Waals surface area contributed by atoms with Crippen molar-refractivity contribution in [3.05, 3.63) is 62.7 Å². The van der Waals surface area contributed by atoms with Gasteiger partial charge in [-0.15, -0.1) is 0 Å². The number of hydrogen-bond acceptors (Lipinski definition) is 5. The molecule has 2 aromatic rings. The lowest BCUT2D eigenvalue weighted by molar-refractivity contribution is 0.0445. The monoisotopic (exact) mass is 316 g/mol. The van der Waals surface area contributed by atoms with Gasteiger partial charge in [-0.05, 0) is 56.5 Å². The third-order valence-corrected chi connectivity index (χ3v) is 3.32. The topological polar surface area (TPSA) is 65.7 Å². The molecule has 2 rings (SSSR count). The van der Waals surface area contributed by atoms with Crippen molar-refractivity contribution in [2.24, 2.45) is 0 Å². The van der Waals surface area contributed by atoms with Crippen molar-refractivity contribution < 1.29 is 18.7 Å². The molecule has 0 aliphatic rings. The van der Waals surface area contributed by atoms with Crippen molar-refractivity contribution in [1.29, 1.82) is 0 Å². The van der Waals surface area contributed by atoms with Crippen LogP contribution in [0.2, 0.25) is 0 Å². The molecule has 0 amide bonds. The average Bonchev–Trinajstić information content (AvgIpc) is 2.41. The Morgan fingerprint density at radius 1 is 1.00 bits per heavy atom. The predicted octanol–water partition coefficient (Wildman–Crippen LogP) is 3.11. The summed E-state index contributed by atoms with van der Waals surface area (Å²) in [4.78, 5) is 23.3. The van der Waals surface area contributed by atoms with Gasteiger partial charge in [-0.2, -0.15) is 0 Å². The summed E-state index contributed by atoms with van der Waals surface area (Å²) in [5.41, 5.74) is 2.58. The summed E-state index contributed by atoms with van der Waals surface area (Å²) in [5, 5.41) is 0. The fourth-order valence-corrected chi connectivity index (χ4v) is 2.44. The molecule has 0 unspecified atom stereocenters. The fourth-order valence-electron chi connectivity index (χ4n) is 2.44. The first-order valence-electron chi connectivity index (χ1n) is 7.36. The predicted molar refractivity (Wildman–Crippen MR) is 86.1 cm³/mol. The number of benzene rings is 1. The van der Waals surface area contributed by atoms with Gasteiger partial charge in [0.1, 0.15) is 30.3 Å². The van der Waals surface area contributed by atoms with Crippen LogP contribution in [0.1, 0.15) is 32.8 Å². The van der Waals surface area contributed by atoms with E-state index in [2.05, 4.69) is 6.07 Å². The van der Waals surface area contributed by atoms with E-state index >= 15 is 0 Å². The zero-order valence-electron chi connectivity index (χ0n) is 13.8. The summed E-state index contributed by atoms with van der Waals surface area (Å²) < 4.78 is 15.7. The van der Waals surface area contributed by atoms with Crippen LogP contribution in [-0.4, -0.2) is 19.2 Å². The molecule has 23 heavy (non-hydrogen) atoms. The largest absolute Gasteiger partial charge is 0.490 e. The van der Waals surface area contributed by atoms with Gasteiger partial charge in [-0.3, -0.25) is 0 Å².